The van der Waals surface area contributed by atoms with E-state index in [0.29, 0.717) is 11.3 Å². The Morgan fingerprint density at radius 2 is 1.78 bits per heavy atom. The molecule has 0 aromatic heterocycles. The summed E-state index contributed by atoms with van der Waals surface area (Å²) in [4.78, 5) is 23.8. The molecule has 0 aliphatic carbocycles. The van der Waals surface area contributed by atoms with Crippen LogP contribution in [-0.2, 0) is 21.4 Å². The number of carbonyl (C=O) groups excluding carboxylic acids is 1. The smallest absolute Gasteiger partial charge is 0.304 e. The molecular formula is C29H31NO6S. The van der Waals surface area contributed by atoms with Gasteiger partial charge in [0.2, 0.25) is 10.0 Å². The van der Waals surface area contributed by atoms with Crippen LogP contribution in [0.5, 0.6) is 5.75 Å². The van der Waals surface area contributed by atoms with E-state index in [9.17, 15) is 23.1 Å². The van der Waals surface area contributed by atoms with Crippen molar-refractivity contribution < 1.29 is 27.9 Å². The lowest BCUT2D eigenvalue weighted by molar-refractivity contribution is -0.137. The summed E-state index contributed by atoms with van der Waals surface area (Å²) in [6.07, 6.45) is -0.479. The molecule has 3 aromatic carbocycles. The molecule has 7 nitrogen and oxygen atoms in total. The fraction of sp³-hybridized carbons (Fsp3) is 0.310. The number of aliphatic carboxylic acids is 1. The van der Waals surface area contributed by atoms with E-state index in [4.69, 9.17) is 4.74 Å². The van der Waals surface area contributed by atoms with Crippen LogP contribution in [0.3, 0.4) is 0 Å². The molecule has 0 saturated heterocycles. The number of nitrogens with zero attached hydrogens (tertiary/aromatic N) is 1. The van der Waals surface area contributed by atoms with Crippen molar-refractivity contribution in [3.8, 4) is 5.75 Å². The summed E-state index contributed by atoms with van der Waals surface area (Å²) in [7, 11) is -3.81. The van der Waals surface area contributed by atoms with Crippen molar-refractivity contribution in [3.63, 3.8) is 0 Å². The van der Waals surface area contributed by atoms with Crippen LogP contribution in [0.2, 0.25) is 0 Å². The Balaban J connectivity index is 1.74. The average molecular weight is 522 g/mol. The molecule has 1 aliphatic rings. The largest absolute Gasteiger partial charge is 0.488 e. The summed E-state index contributed by atoms with van der Waals surface area (Å²) >= 11 is 0. The fourth-order valence-corrected chi connectivity index (χ4v) is 6.44. The molecule has 1 unspecified atom stereocenters. The van der Waals surface area contributed by atoms with E-state index in [0.717, 1.165) is 27.8 Å². The van der Waals surface area contributed by atoms with Crippen LogP contribution in [0.4, 0.5) is 0 Å². The van der Waals surface area contributed by atoms with E-state index in [1.165, 1.54) is 11.2 Å². The standard InChI is InChI=1S/C29H31NO6S/c1-18-9-10-23(26(15-29(32)33)25-12-11-22(21(4)31)13-19(25)2)14-24(18)17-30-16-20(3)36-27-7-5-6-8-28(27)37(30,34)35/h5-14,20,26H,15-17H2,1-4H3,(H,32,33)/t20-,26?/m1/s1. The molecule has 0 amide bonds. The van der Waals surface area contributed by atoms with Crippen molar-refractivity contribution >= 4 is 21.8 Å². The van der Waals surface area contributed by atoms with Gasteiger partial charge in [0.25, 0.3) is 0 Å². The van der Waals surface area contributed by atoms with Crippen LogP contribution in [0.15, 0.2) is 65.6 Å². The second-order valence-electron chi connectivity index (χ2n) is 9.64. The molecule has 0 fully saturated rings. The first-order chi connectivity index (χ1) is 17.5. The summed E-state index contributed by atoms with van der Waals surface area (Å²) in [5.41, 5.74) is 4.70. The van der Waals surface area contributed by atoms with Gasteiger partial charge in [-0.1, -0.05) is 42.5 Å². The van der Waals surface area contributed by atoms with E-state index in [1.54, 1.807) is 36.4 Å². The molecular weight excluding hydrogens is 490 g/mol. The number of Topliss-reactive ketones (excluding diaryl/α,β-unsaturated/α-hetero) is 1. The van der Waals surface area contributed by atoms with Crippen molar-refractivity contribution in [1.82, 2.24) is 4.31 Å². The highest BCUT2D eigenvalue weighted by Gasteiger charge is 2.33. The molecule has 8 heteroatoms. The Bertz CT molecular complexity index is 1460. The van der Waals surface area contributed by atoms with Crippen molar-refractivity contribution in [2.45, 2.75) is 57.6 Å². The number of aryl methyl sites for hydroxylation is 2. The zero-order valence-corrected chi connectivity index (χ0v) is 22.2. The van der Waals surface area contributed by atoms with Gasteiger partial charge in [-0.25, -0.2) is 8.42 Å². The summed E-state index contributed by atoms with van der Waals surface area (Å²) < 4.78 is 34.4. The van der Waals surface area contributed by atoms with Crippen LogP contribution in [-0.4, -0.2) is 42.2 Å². The number of carbonyl (C=O) groups is 2. The summed E-state index contributed by atoms with van der Waals surface area (Å²) in [6.45, 7) is 7.43. The van der Waals surface area contributed by atoms with Crippen LogP contribution in [0.1, 0.15) is 64.4 Å². The van der Waals surface area contributed by atoms with Crippen LogP contribution < -0.4 is 4.74 Å². The number of sulfonamides is 1. The predicted octanol–water partition coefficient (Wildman–Crippen LogP) is 5.08. The minimum absolute atomic E-state index is 0.0551. The predicted molar refractivity (Wildman–Crippen MR) is 141 cm³/mol. The number of para-hydroxylation sites is 1. The van der Waals surface area contributed by atoms with Crippen molar-refractivity contribution in [3.05, 3.63) is 94.0 Å². The van der Waals surface area contributed by atoms with Gasteiger partial charge in [-0.2, -0.15) is 4.31 Å². The Labute approximate surface area is 217 Å². The van der Waals surface area contributed by atoms with Crippen molar-refractivity contribution in [2.75, 3.05) is 6.54 Å². The third-order valence-electron chi connectivity index (χ3n) is 6.81. The molecule has 4 rings (SSSR count). The first kappa shape index (κ1) is 26.6. The average Bonchev–Trinajstić information content (AvgIpc) is 2.92. The molecule has 1 N–H and O–H groups in total. The second-order valence-corrected chi connectivity index (χ2v) is 11.5. The highest BCUT2D eigenvalue weighted by atomic mass is 32.2. The van der Waals surface area contributed by atoms with E-state index in [1.807, 2.05) is 45.0 Å². The van der Waals surface area contributed by atoms with Gasteiger partial charge in [0.05, 0.1) is 13.0 Å². The molecule has 0 spiro atoms. The lowest BCUT2D eigenvalue weighted by Gasteiger charge is -2.24. The van der Waals surface area contributed by atoms with E-state index in [2.05, 4.69) is 0 Å². The van der Waals surface area contributed by atoms with Gasteiger partial charge in [-0.15, -0.1) is 0 Å². The molecule has 3 aromatic rings. The maximum atomic E-state index is 13.5. The Morgan fingerprint density at radius 3 is 2.46 bits per heavy atom. The van der Waals surface area contributed by atoms with Crippen LogP contribution >= 0.6 is 0 Å². The van der Waals surface area contributed by atoms with Crippen molar-refractivity contribution in [1.29, 1.82) is 0 Å². The molecule has 194 valence electrons. The first-order valence-corrected chi connectivity index (χ1v) is 13.6. The Kier molecular flexibility index (Phi) is 7.52. The SMILES string of the molecule is CC(=O)c1ccc(C(CC(=O)O)c2ccc(C)c(CN3C[C@@H](C)Oc4ccccc4S3(=O)=O)c2)c(C)c1. The van der Waals surface area contributed by atoms with Crippen LogP contribution in [0.25, 0.3) is 0 Å². The molecule has 1 heterocycles. The lowest BCUT2D eigenvalue weighted by atomic mass is 9.84. The summed E-state index contributed by atoms with van der Waals surface area (Å²) in [5, 5.41) is 9.69. The number of hydrogen-bond donors (Lipinski definition) is 1. The quantitative estimate of drug-likeness (QED) is 0.435. The van der Waals surface area contributed by atoms with Gasteiger partial charge in [0, 0.05) is 18.0 Å². The van der Waals surface area contributed by atoms with Gasteiger partial charge in [-0.3, -0.25) is 9.59 Å². The van der Waals surface area contributed by atoms with Crippen LogP contribution in [0, 0.1) is 13.8 Å². The third-order valence-corrected chi connectivity index (χ3v) is 8.66. The lowest BCUT2D eigenvalue weighted by Crippen LogP contribution is -2.35. The highest BCUT2D eigenvalue weighted by Crippen LogP contribution is 2.35. The van der Waals surface area contributed by atoms with Gasteiger partial charge < -0.3 is 9.84 Å². The van der Waals surface area contributed by atoms with Gasteiger partial charge in [0.1, 0.15) is 16.7 Å². The fourth-order valence-electron chi connectivity index (χ4n) is 4.82. The number of benzene rings is 3. The number of fused-ring (bicyclic) bond motifs is 1. The normalized spacial score (nSPS) is 17.8. The molecule has 1 aliphatic heterocycles. The van der Waals surface area contributed by atoms with E-state index in [-0.39, 0.29) is 36.3 Å². The van der Waals surface area contributed by atoms with Crippen molar-refractivity contribution in [2.24, 2.45) is 0 Å². The second kappa shape index (κ2) is 10.5. The zero-order valence-electron chi connectivity index (χ0n) is 21.4. The summed E-state index contributed by atoms with van der Waals surface area (Å²) in [5.74, 6) is -1.11. The minimum Gasteiger partial charge on any atom is -0.488 e. The number of hydrogen-bond acceptors (Lipinski definition) is 5. The molecule has 0 saturated carbocycles. The minimum atomic E-state index is -3.81. The van der Waals surface area contributed by atoms with Gasteiger partial charge in [-0.05, 0) is 73.7 Å². The maximum absolute atomic E-state index is 13.5. The highest BCUT2D eigenvalue weighted by molar-refractivity contribution is 7.89. The Morgan fingerprint density at radius 1 is 1.05 bits per heavy atom. The maximum Gasteiger partial charge on any atom is 0.304 e. The van der Waals surface area contributed by atoms with E-state index < -0.39 is 21.9 Å². The monoisotopic (exact) mass is 521 g/mol. The zero-order chi connectivity index (χ0) is 26.9. The van der Waals surface area contributed by atoms with Gasteiger partial charge in [0.15, 0.2) is 5.78 Å². The number of carboxylic acid groups (broad SMARTS) is 1. The molecule has 0 bridgehead atoms. The number of carboxylic acids is 1. The van der Waals surface area contributed by atoms with Gasteiger partial charge >= 0.3 is 5.97 Å². The molecule has 0 radical (unpaired) electrons. The molecule has 37 heavy (non-hydrogen) atoms. The van der Waals surface area contributed by atoms with E-state index >= 15 is 0 Å². The number of rotatable bonds is 7. The third kappa shape index (κ3) is 5.60. The Hall–Kier alpha value is -3.49. The molecule has 2 atom stereocenters. The summed E-state index contributed by atoms with van der Waals surface area (Å²) in [6, 6.07) is 17.6. The number of ketones is 1. The number of ether oxygens (including phenoxy) is 1. The topological polar surface area (TPSA) is 101 Å². The first-order valence-electron chi connectivity index (χ1n) is 12.2.